The second-order valence-corrected chi connectivity index (χ2v) is 4.96. The van der Waals surface area contributed by atoms with Gasteiger partial charge in [0.25, 0.3) is 11.8 Å². The van der Waals surface area contributed by atoms with Gasteiger partial charge in [0.1, 0.15) is 17.9 Å². The number of carbonyl (C=O) groups excluding carboxylic acids is 2. The largest absolute Gasteiger partial charge is 0.439 e. The van der Waals surface area contributed by atoms with Crippen molar-refractivity contribution in [2.45, 2.75) is 6.54 Å². The molecule has 2 heterocycles. The lowest BCUT2D eigenvalue weighted by atomic mass is 10.1. The van der Waals surface area contributed by atoms with Crippen LogP contribution >= 0.6 is 0 Å². The molecule has 1 aliphatic heterocycles. The van der Waals surface area contributed by atoms with E-state index >= 15 is 0 Å². The van der Waals surface area contributed by atoms with Gasteiger partial charge in [0, 0.05) is 6.07 Å². The van der Waals surface area contributed by atoms with Crippen molar-refractivity contribution < 1.29 is 18.4 Å². The quantitative estimate of drug-likeness (QED) is 0.682. The number of oxazole rings is 1. The van der Waals surface area contributed by atoms with Gasteiger partial charge in [-0.2, -0.15) is 0 Å². The molecule has 0 saturated carbocycles. The average Bonchev–Trinajstić information content (AvgIpc) is 3.02. The van der Waals surface area contributed by atoms with Crippen LogP contribution in [0.4, 0.5) is 4.39 Å². The van der Waals surface area contributed by atoms with Crippen molar-refractivity contribution in [1.82, 2.24) is 9.88 Å². The highest BCUT2D eigenvalue weighted by Gasteiger charge is 2.35. The maximum Gasteiger partial charge on any atom is 0.262 e. The maximum atomic E-state index is 13.2. The van der Waals surface area contributed by atoms with E-state index in [0.717, 1.165) is 4.90 Å². The first-order chi connectivity index (χ1) is 10.6. The summed E-state index contributed by atoms with van der Waals surface area (Å²) in [6, 6.07) is 10.6. The molecule has 2 aromatic carbocycles. The zero-order valence-corrected chi connectivity index (χ0v) is 11.2. The van der Waals surface area contributed by atoms with Gasteiger partial charge in [-0.15, -0.1) is 0 Å². The molecule has 0 N–H and O–H groups in total. The number of amides is 2. The molecule has 3 aromatic rings. The minimum absolute atomic E-state index is 0.0807. The van der Waals surface area contributed by atoms with E-state index in [-0.39, 0.29) is 24.2 Å². The van der Waals surface area contributed by atoms with Crippen molar-refractivity contribution in [3.8, 4) is 0 Å². The Balaban J connectivity index is 1.69. The number of hydrogen-bond acceptors (Lipinski definition) is 4. The van der Waals surface area contributed by atoms with Crippen molar-refractivity contribution in [3.63, 3.8) is 0 Å². The smallest absolute Gasteiger partial charge is 0.262 e. The summed E-state index contributed by atoms with van der Waals surface area (Å²) in [5.41, 5.74) is 1.50. The van der Waals surface area contributed by atoms with Crippen molar-refractivity contribution in [3.05, 3.63) is 65.3 Å². The van der Waals surface area contributed by atoms with Crippen LogP contribution in [-0.2, 0) is 6.54 Å². The first-order valence-corrected chi connectivity index (χ1v) is 6.64. The summed E-state index contributed by atoms with van der Waals surface area (Å²) >= 11 is 0. The molecular formula is C16H9FN2O3. The molecule has 4 rings (SSSR count). The summed E-state index contributed by atoms with van der Waals surface area (Å²) in [6.07, 6.45) is 0. The van der Waals surface area contributed by atoms with Crippen LogP contribution in [0.5, 0.6) is 0 Å². The number of rotatable bonds is 2. The number of carbonyl (C=O) groups is 2. The minimum Gasteiger partial charge on any atom is -0.439 e. The Morgan fingerprint density at radius 2 is 1.73 bits per heavy atom. The van der Waals surface area contributed by atoms with Crippen molar-refractivity contribution in [2.24, 2.45) is 0 Å². The molecule has 0 atom stereocenters. The molecule has 6 heteroatoms. The number of nitrogens with zero attached hydrogens (tertiary/aromatic N) is 2. The Morgan fingerprint density at radius 3 is 2.41 bits per heavy atom. The molecule has 0 spiro atoms. The number of halogens is 1. The molecule has 0 fully saturated rings. The van der Waals surface area contributed by atoms with E-state index in [4.69, 9.17) is 4.42 Å². The van der Waals surface area contributed by atoms with Gasteiger partial charge in [-0.3, -0.25) is 14.5 Å². The molecule has 22 heavy (non-hydrogen) atoms. The van der Waals surface area contributed by atoms with Gasteiger partial charge in [0.2, 0.25) is 5.89 Å². The highest BCUT2D eigenvalue weighted by molar-refractivity contribution is 6.21. The third-order valence-electron chi connectivity index (χ3n) is 3.57. The average molecular weight is 296 g/mol. The summed E-state index contributed by atoms with van der Waals surface area (Å²) in [7, 11) is 0. The van der Waals surface area contributed by atoms with Crippen LogP contribution in [0.1, 0.15) is 26.6 Å². The van der Waals surface area contributed by atoms with E-state index in [1.165, 1.54) is 18.2 Å². The predicted molar refractivity (Wildman–Crippen MR) is 74.6 cm³/mol. The normalized spacial score (nSPS) is 14.0. The van der Waals surface area contributed by atoms with E-state index in [9.17, 15) is 14.0 Å². The molecule has 1 aromatic heterocycles. The fourth-order valence-electron chi connectivity index (χ4n) is 2.53. The second-order valence-electron chi connectivity index (χ2n) is 4.96. The second kappa shape index (κ2) is 4.49. The topological polar surface area (TPSA) is 63.4 Å². The summed E-state index contributed by atoms with van der Waals surface area (Å²) in [6.45, 7) is -0.0807. The Bertz CT molecular complexity index is 897. The molecule has 0 saturated heterocycles. The Kier molecular flexibility index (Phi) is 2.59. The fraction of sp³-hybridized carbons (Fsp3) is 0.0625. The van der Waals surface area contributed by atoms with E-state index in [0.29, 0.717) is 22.2 Å². The highest BCUT2D eigenvalue weighted by Crippen LogP contribution is 2.25. The first-order valence-electron chi connectivity index (χ1n) is 6.64. The van der Waals surface area contributed by atoms with Crippen molar-refractivity contribution in [2.75, 3.05) is 0 Å². The number of aromatic nitrogens is 1. The number of fused-ring (bicyclic) bond motifs is 2. The van der Waals surface area contributed by atoms with E-state index in [1.54, 1.807) is 24.3 Å². The maximum absolute atomic E-state index is 13.2. The highest BCUT2D eigenvalue weighted by atomic mass is 19.1. The number of benzene rings is 2. The van der Waals surface area contributed by atoms with Crippen LogP contribution < -0.4 is 0 Å². The molecular weight excluding hydrogens is 287 g/mol. The fourth-order valence-corrected chi connectivity index (χ4v) is 2.53. The van der Waals surface area contributed by atoms with Gasteiger partial charge < -0.3 is 4.42 Å². The summed E-state index contributed by atoms with van der Waals surface area (Å²) in [4.78, 5) is 29.7. The monoisotopic (exact) mass is 296 g/mol. The first kappa shape index (κ1) is 12.7. The molecule has 0 bridgehead atoms. The van der Waals surface area contributed by atoms with Crippen LogP contribution in [0.25, 0.3) is 11.1 Å². The van der Waals surface area contributed by atoms with E-state index < -0.39 is 5.82 Å². The summed E-state index contributed by atoms with van der Waals surface area (Å²) in [5, 5.41) is 0. The van der Waals surface area contributed by atoms with Crippen LogP contribution in [0.15, 0.2) is 46.9 Å². The van der Waals surface area contributed by atoms with Gasteiger partial charge >= 0.3 is 0 Å². The molecule has 108 valence electrons. The van der Waals surface area contributed by atoms with Gasteiger partial charge in [-0.1, -0.05) is 12.1 Å². The van der Waals surface area contributed by atoms with E-state index in [1.807, 2.05) is 0 Å². The Hall–Kier alpha value is -3.02. The number of imide groups is 1. The lowest BCUT2D eigenvalue weighted by Gasteiger charge is -2.10. The molecule has 0 unspecified atom stereocenters. The molecule has 2 amide bonds. The Labute approximate surface area is 124 Å². The molecule has 5 nitrogen and oxygen atoms in total. The van der Waals surface area contributed by atoms with E-state index in [2.05, 4.69) is 4.98 Å². The van der Waals surface area contributed by atoms with Crippen LogP contribution in [0.2, 0.25) is 0 Å². The molecule has 0 aliphatic carbocycles. The standard InChI is InChI=1S/C16H9FN2O3/c17-9-5-6-13-12(7-9)18-14(22-13)8-19-15(20)10-3-1-2-4-11(10)16(19)21/h1-7H,8H2. The minimum atomic E-state index is -0.423. The van der Waals surface area contributed by atoms with Crippen molar-refractivity contribution in [1.29, 1.82) is 0 Å². The summed E-state index contributed by atoms with van der Waals surface area (Å²) < 4.78 is 18.6. The third kappa shape index (κ3) is 1.81. The summed E-state index contributed by atoms with van der Waals surface area (Å²) in [5.74, 6) is -0.994. The van der Waals surface area contributed by atoms with Crippen LogP contribution in [-0.4, -0.2) is 21.7 Å². The lowest BCUT2D eigenvalue weighted by Crippen LogP contribution is -2.29. The van der Waals surface area contributed by atoms with Gasteiger partial charge in [-0.25, -0.2) is 9.37 Å². The SMILES string of the molecule is O=C1c2ccccc2C(=O)N1Cc1nc2cc(F)ccc2o1. The number of hydrogen-bond donors (Lipinski definition) is 0. The van der Waals surface area contributed by atoms with Crippen LogP contribution in [0, 0.1) is 5.82 Å². The molecule has 0 radical (unpaired) electrons. The predicted octanol–water partition coefficient (Wildman–Crippen LogP) is 2.76. The Morgan fingerprint density at radius 1 is 1.05 bits per heavy atom. The molecule has 1 aliphatic rings. The zero-order valence-electron chi connectivity index (χ0n) is 11.2. The van der Waals surface area contributed by atoms with Crippen molar-refractivity contribution >= 4 is 22.9 Å². The van der Waals surface area contributed by atoms with Crippen LogP contribution in [0.3, 0.4) is 0 Å². The lowest BCUT2D eigenvalue weighted by molar-refractivity contribution is 0.0629. The van der Waals surface area contributed by atoms with Gasteiger partial charge in [-0.05, 0) is 24.3 Å². The third-order valence-corrected chi connectivity index (χ3v) is 3.57. The zero-order chi connectivity index (χ0) is 15.3. The van der Waals surface area contributed by atoms with Gasteiger partial charge in [0.05, 0.1) is 11.1 Å². The van der Waals surface area contributed by atoms with Gasteiger partial charge in [0.15, 0.2) is 5.58 Å².